The number of aromatic nitrogens is 2. The first-order valence-electron chi connectivity index (χ1n) is 8.20. The molecule has 2 N–H and O–H groups in total. The Morgan fingerprint density at radius 2 is 1.75 bits per heavy atom. The third-order valence-corrected chi connectivity index (χ3v) is 6.34. The van der Waals surface area contributed by atoms with E-state index in [0.717, 1.165) is 42.6 Å². The quantitative estimate of drug-likeness (QED) is 0.900. The molecule has 0 radical (unpaired) electrons. The number of hydrogen-bond donors (Lipinski definition) is 1. The summed E-state index contributed by atoms with van der Waals surface area (Å²) in [5.74, 6) is 3.76. The molecular formula is C16H23N3O. The molecule has 1 aliphatic heterocycles. The molecule has 0 atom stereocenters. The van der Waals surface area contributed by atoms with E-state index >= 15 is 0 Å². The molecule has 2 heterocycles. The summed E-state index contributed by atoms with van der Waals surface area (Å²) >= 11 is 0. The summed E-state index contributed by atoms with van der Waals surface area (Å²) in [6, 6.07) is 0.638. The second-order valence-corrected chi connectivity index (χ2v) is 7.43. The van der Waals surface area contributed by atoms with Crippen LogP contribution in [0.3, 0.4) is 0 Å². The molecule has 0 saturated heterocycles. The normalized spacial score (nSPS) is 41.4. The van der Waals surface area contributed by atoms with Crippen molar-refractivity contribution >= 4 is 0 Å². The average molecular weight is 273 g/mol. The molecule has 6 rings (SSSR count). The van der Waals surface area contributed by atoms with Crippen molar-refractivity contribution in [1.29, 1.82) is 0 Å². The van der Waals surface area contributed by atoms with Crippen molar-refractivity contribution in [3.05, 3.63) is 17.0 Å². The molecule has 0 amide bonds. The lowest BCUT2D eigenvalue weighted by molar-refractivity contribution is -0.0359. The number of hydrogen-bond acceptors (Lipinski definition) is 3. The first-order chi connectivity index (χ1) is 9.83. The molecule has 1 aromatic rings. The van der Waals surface area contributed by atoms with Crippen molar-refractivity contribution in [3.8, 4) is 0 Å². The van der Waals surface area contributed by atoms with Crippen LogP contribution in [0.15, 0.2) is 0 Å². The van der Waals surface area contributed by atoms with Gasteiger partial charge in [0.1, 0.15) is 0 Å². The summed E-state index contributed by atoms with van der Waals surface area (Å²) in [5, 5.41) is 4.91. The SMILES string of the molecule is NCc1nn(C2C3CC4CC(C3)CC2C4)c2c1COC2. The monoisotopic (exact) mass is 273 g/mol. The number of fused-ring (bicyclic) bond motifs is 1. The molecule has 4 aliphatic carbocycles. The summed E-state index contributed by atoms with van der Waals surface area (Å²) in [6.07, 6.45) is 7.25. The van der Waals surface area contributed by atoms with Gasteiger partial charge in [0.15, 0.2) is 0 Å². The van der Waals surface area contributed by atoms with Crippen molar-refractivity contribution in [3.63, 3.8) is 0 Å². The maximum absolute atomic E-state index is 5.88. The van der Waals surface area contributed by atoms with E-state index in [-0.39, 0.29) is 0 Å². The fourth-order valence-corrected chi connectivity index (χ4v) is 5.83. The third kappa shape index (κ3) is 1.47. The Morgan fingerprint density at radius 3 is 2.40 bits per heavy atom. The van der Waals surface area contributed by atoms with E-state index in [0.29, 0.717) is 12.6 Å². The Bertz CT molecular complexity index is 522. The lowest BCUT2D eigenvalue weighted by atomic mass is 9.54. The average Bonchev–Trinajstić information content (AvgIpc) is 3.00. The van der Waals surface area contributed by atoms with E-state index in [4.69, 9.17) is 15.6 Å². The highest BCUT2D eigenvalue weighted by Crippen LogP contribution is 2.58. The van der Waals surface area contributed by atoms with Crippen LogP contribution in [0.1, 0.15) is 55.1 Å². The molecule has 5 aliphatic rings. The Hall–Kier alpha value is -0.870. The highest BCUT2D eigenvalue weighted by molar-refractivity contribution is 5.28. The molecule has 4 fully saturated rings. The van der Waals surface area contributed by atoms with Gasteiger partial charge in [0, 0.05) is 12.1 Å². The van der Waals surface area contributed by atoms with Crippen molar-refractivity contribution in [2.24, 2.45) is 29.4 Å². The standard InChI is InChI=1S/C16H23N3O/c17-6-14-13-7-20-8-15(13)19(18-14)16-11-2-9-1-10(4-11)5-12(16)3-9/h9-12,16H,1-8,17H2. The number of nitrogens with zero attached hydrogens (tertiary/aromatic N) is 2. The second-order valence-electron chi connectivity index (χ2n) is 7.43. The maximum atomic E-state index is 5.88. The van der Waals surface area contributed by atoms with Gasteiger partial charge in [0.2, 0.25) is 0 Å². The van der Waals surface area contributed by atoms with Crippen LogP contribution < -0.4 is 5.73 Å². The van der Waals surface area contributed by atoms with Gasteiger partial charge in [-0.05, 0) is 55.8 Å². The Labute approximate surface area is 119 Å². The van der Waals surface area contributed by atoms with Crippen molar-refractivity contribution in [1.82, 2.24) is 9.78 Å². The van der Waals surface area contributed by atoms with Gasteiger partial charge in [-0.1, -0.05) is 0 Å². The molecule has 0 unspecified atom stereocenters. The highest BCUT2D eigenvalue weighted by Gasteiger charge is 2.50. The van der Waals surface area contributed by atoms with Crippen LogP contribution in [0.5, 0.6) is 0 Å². The van der Waals surface area contributed by atoms with Gasteiger partial charge in [-0.15, -0.1) is 0 Å². The van der Waals surface area contributed by atoms with Gasteiger partial charge in [-0.3, -0.25) is 4.68 Å². The summed E-state index contributed by atoms with van der Waals surface area (Å²) in [7, 11) is 0. The van der Waals surface area contributed by atoms with Gasteiger partial charge < -0.3 is 10.5 Å². The fraction of sp³-hybridized carbons (Fsp3) is 0.812. The van der Waals surface area contributed by atoms with Gasteiger partial charge in [0.05, 0.1) is 30.6 Å². The zero-order valence-electron chi connectivity index (χ0n) is 11.9. The van der Waals surface area contributed by atoms with Crippen LogP contribution in [-0.4, -0.2) is 9.78 Å². The molecule has 4 heteroatoms. The van der Waals surface area contributed by atoms with Crippen LogP contribution in [0, 0.1) is 23.7 Å². The minimum absolute atomic E-state index is 0.548. The van der Waals surface area contributed by atoms with Gasteiger partial charge in [0.25, 0.3) is 0 Å². The Balaban J connectivity index is 1.57. The van der Waals surface area contributed by atoms with Gasteiger partial charge in [-0.25, -0.2) is 0 Å². The van der Waals surface area contributed by atoms with E-state index in [1.807, 2.05) is 0 Å². The lowest BCUT2D eigenvalue weighted by Crippen LogP contribution is -2.46. The zero-order chi connectivity index (χ0) is 13.3. The molecule has 4 bridgehead atoms. The molecule has 20 heavy (non-hydrogen) atoms. The number of rotatable bonds is 2. The van der Waals surface area contributed by atoms with E-state index in [1.54, 1.807) is 0 Å². The van der Waals surface area contributed by atoms with Crippen molar-refractivity contribution in [2.75, 3.05) is 0 Å². The van der Waals surface area contributed by atoms with Gasteiger partial charge in [-0.2, -0.15) is 5.10 Å². The lowest BCUT2D eigenvalue weighted by Gasteiger charge is -2.54. The first-order valence-corrected chi connectivity index (χ1v) is 8.20. The predicted molar refractivity (Wildman–Crippen MR) is 74.7 cm³/mol. The first kappa shape index (κ1) is 11.8. The fourth-order valence-electron chi connectivity index (χ4n) is 5.83. The third-order valence-electron chi connectivity index (χ3n) is 6.34. The maximum Gasteiger partial charge on any atom is 0.0893 e. The summed E-state index contributed by atoms with van der Waals surface area (Å²) < 4.78 is 8.02. The molecular weight excluding hydrogens is 250 g/mol. The smallest absolute Gasteiger partial charge is 0.0893 e. The molecule has 4 nitrogen and oxygen atoms in total. The zero-order valence-corrected chi connectivity index (χ0v) is 11.9. The van der Waals surface area contributed by atoms with E-state index < -0.39 is 0 Å². The van der Waals surface area contributed by atoms with Gasteiger partial charge >= 0.3 is 0 Å². The summed E-state index contributed by atoms with van der Waals surface area (Å²) in [5.41, 5.74) is 9.58. The minimum Gasteiger partial charge on any atom is -0.370 e. The van der Waals surface area contributed by atoms with Crippen LogP contribution in [0.4, 0.5) is 0 Å². The van der Waals surface area contributed by atoms with Crippen molar-refractivity contribution < 1.29 is 4.74 Å². The molecule has 1 aromatic heterocycles. The van der Waals surface area contributed by atoms with Crippen LogP contribution in [-0.2, 0) is 24.5 Å². The molecule has 4 saturated carbocycles. The predicted octanol–water partition coefficient (Wildman–Crippen LogP) is 2.37. The van der Waals surface area contributed by atoms with Crippen LogP contribution in [0.2, 0.25) is 0 Å². The Morgan fingerprint density at radius 1 is 1.05 bits per heavy atom. The Kier molecular flexibility index (Phi) is 2.40. The molecule has 108 valence electrons. The number of nitrogens with two attached hydrogens (primary N) is 1. The summed E-state index contributed by atoms with van der Waals surface area (Å²) in [6.45, 7) is 2.01. The molecule has 0 spiro atoms. The van der Waals surface area contributed by atoms with E-state index in [2.05, 4.69) is 4.68 Å². The van der Waals surface area contributed by atoms with E-state index in [9.17, 15) is 0 Å². The summed E-state index contributed by atoms with van der Waals surface area (Å²) in [4.78, 5) is 0. The number of ether oxygens (including phenoxy) is 1. The molecule has 0 aromatic carbocycles. The van der Waals surface area contributed by atoms with E-state index in [1.165, 1.54) is 43.4 Å². The minimum atomic E-state index is 0.548. The van der Waals surface area contributed by atoms with Crippen LogP contribution in [0.25, 0.3) is 0 Å². The highest BCUT2D eigenvalue weighted by atomic mass is 16.5. The largest absolute Gasteiger partial charge is 0.370 e. The second kappa shape index (κ2) is 4.08. The van der Waals surface area contributed by atoms with Crippen LogP contribution >= 0.6 is 0 Å². The van der Waals surface area contributed by atoms with Crippen molar-refractivity contribution in [2.45, 2.75) is 57.9 Å². The topological polar surface area (TPSA) is 53.1 Å².